The largest absolute Gasteiger partial charge is 0.545 e. The van der Waals surface area contributed by atoms with E-state index in [-0.39, 0.29) is 25.0 Å². The van der Waals surface area contributed by atoms with Gasteiger partial charge in [0.25, 0.3) is 0 Å². The van der Waals surface area contributed by atoms with Crippen molar-refractivity contribution in [3.05, 3.63) is 84.0 Å². The summed E-state index contributed by atoms with van der Waals surface area (Å²) in [6.45, 7) is 3.47. The Hall–Kier alpha value is -4.60. The SMILES string of the molecule is CC(/C=C/C(=O)[O-])COC(=O)Nc1ccc(Cc2ccc(NC(=O)OCC(C)/C=C/C(=O)[O-])cc2)cc1. The molecular weight excluding hydrogens is 480 g/mol. The fourth-order valence-electron chi connectivity index (χ4n) is 2.97. The molecule has 0 spiro atoms. The molecule has 0 saturated carbocycles. The third kappa shape index (κ3) is 12.1. The summed E-state index contributed by atoms with van der Waals surface area (Å²) in [5.41, 5.74) is 3.10. The van der Waals surface area contributed by atoms with Gasteiger partial charge in [0.05, 0.1) is 25.2 Å². The Morgan fingerprint density at radius 3 is 1.38 bits per heavy atom. The lowest BCUT2D eigenvalue weighted by Crippen LogP contribution is -2.20. The van der Waals surface area contributed by atoms with E-state index in [1.807, 2.05) is 24.3 Å². The topological polar surface area (TPSA) is 157 Å². The predicted molar refractivity (Wildman–Crippen MR) is 132 cm³/mol. The van der Waals surface area contributed by atoms with Crippen LogP contribution in [0.1, 0.15) is 25.0 Å². The number of amides is 2. The Kier molecular flexibility index (Phi) is 11.4. The molecule has 0 radical (unpaired) electrons. The van der Waals surface area contributed by atoms with Crippen molar-refractivity contribution in [2.75, 3.05) is 23.8 Å². The Balaban J connectivity index is 1.77. The van der Waals surface area contributed by atoms with Crippen molar-refractivity contribution in [1.29, 1.82) is 0 Å². The van der Waals surface area contributed by atoms with E-state index in [0.717, 1.165) is 23.3 Å². The normalized spacial score (nSPS) is 12.6. The van der Waals surface area contributed by atoms with Gasteiger partial charge in [-0.1, -0.05) is 50.3 Å². The molecule has 2 unspecified atom stereocenters. The molecule has 0 aliphatic rings. The number of carboxylic acids is 2. The molecule has 37 heavy (non-hydrogen) atoms. The monoisotopic (exact) mass is 508 g/mol. The first-order valence-corrected chi connectivity index (χ1v) is 11.4. The van der Waals surface area contributed by atoms with E-state index in [2.05, 4.69) is 10.6 Å². The highest BCUT2D eigenvalue weighted by atomic mass is 16.6. The smallest absolute Gasteiger partial charge is 0.411 e. The number of anilines is 2. The first-order chi connectivity index (χ1) is 17.6. The molecule has 0 aliphatic carbocycles. The summed E-state index contributed by atoms with van der Waals surface area (Å²) in [6.07, 6.45) is 3.90. The number of carbonyl (C=O) groups excluding carboxylic acids is 4. The maximum Gasteiger partial charge on any atom is 0.411 e. The summed E-state index contributed by atoms with van der Waals surface area (Å²) in [7, 11) is 0. The van der Waals surface area contributed by atoms with Crippen molar-refractivity contribution in [1.82, 2.24) is 0 Å². The van der Waals surface area contributed by atoms with Crippen LogP contribution in [0.3, 0.4) is 0 Å². The summed E-state index contributed by atoms with van der Waals surface area (Å²) in [5.74, 6) is -3.16. The molecule has 2 N–H and O–H groups in total. The molecule has 2 atom stereocenters. The second-order valence-corrected chi connectivity index (χ2v) is 8.33. The minimum absolute atomic E-state index is 0.0252. The van der Waals surface area contributed by atoms with Crippen LogP contribution in [0.25, 0.3) is 0 Å². The van der Waals surface area contributed by atoms with Crippen molar-refractivity contribution in [2.24, 2.45) is 11.8 Å². The number of hydrogen-bond acceptors (Lipinski definition) is 8. The number of ether oxygens (including phenoxy) is 2. The number of aliphatic carboxylic acids is 2. The number of benzene rings is 2. The Morgan fingerprint density at radius 2 is 1.05 bits per heavy atom. The van der Waals surface area contributed by atoms with E-state index < -0.39 is 24.1 Å². The highest BCUT2D eigenvalue weighted by Gasteiger charge is 2.08. The van der Waals surface area contributed by atoms with Crippen molar-refractivity contribution in [2.45, 2.75) is 20.3 Å². The fraction of sp³-hybridized carbons (Fsp3) is 0.259. The zero-order chi connectivity index (χ0) is 27.2. The summed E-state index contributed by atoms with van der Waals surface area (Å²) >= 11 is 0. The zero-order valence-corrected chi connectivity index (χ0v) is 20.5. The molecule has 2 aromatic rings. The number of hydrogen-bond donors (Lipinski definition) is 2. The van der Waals surface area contributed by atoms with Gasteiger partial charge in [0, 0.05) is 23.2 Å². The standard InChI is InChI=1S/C27H30N2O8/c1-18(3-13-24(30)31)16-36-26(34)28-22-9-5-20(6-10-22)15-21-7-11-23(12-8-21)29-27(35)37-17-19(2)4-14-25(32)33/h3-14,18-19H,15-17H2,1-2H3,(H,28,34)(H,29,35)(H,30,31)(H,32,33)/p-2/b13-3+,14-4+. The average Bonchev–Trinajstić information content (AvgIpc) is 2.86. The van der Waals surface area contributed by atoms with Gasteiger partial charge in [-0.2, -0.15) is 0 Å². The van der Waals surface area contributed by atoms with Gasteiger partial charge >= 0.3 is 12.2 Å². The lowest BCUT2D eigenvalue weighted by Gasteiger charge is -2.11. The van der Waals surface area contributed by atoms with E-state index in [9.17, 15) is 29.4 Å². The van der Waals surface area contributed by atoms with Gasteiger partial charge in [0.2, 0.25) is 0 Å². The molecular formula is C27H28N2O8-2. The van der Waals surface area contributed by atoms with E-state index in [1.165, 1.54) is 12.2 Å². The lowest BCUT2D eigenvalue weighted by atomic mass is 10.0. The minimum Gasteiger partial charge on any atom is -0.545 e. The van der Waals surface area contributed by atoms with Crippen LogP contribution < -0.4 is 20.8 Å². The number of carbonyl (C=O) groups is 4. The molecule has 10 heteroatoms. The van der Waals surface area contributed by atoms with Gasteiger partial charge in [0.15, 0.2) is 0 Å². The molecule has 0 aliphatic heterocycles. The van der Waals surface area contributed by atoms with Crippen LogP contribution in [0, 0.1) is 11.8 Å². The van der Waals surface area contributed by atoms with Crippen LogP contribution in [-0.2, 0) is 25.5 Å². The Bertz CT molecular complexity index is 1030. The molecule has 2 amide bonds. The van der Waals surface area contributed by atoms with Crippen LogP contribution in [0.2, 0.25) is 0 Å². The van der Waals surface area contributed by atoms with Crippen LogP contribution >= 0.6 is 0 Å². The fourth-order valence-corrected chi connectivity index (χ4v) is 2.97. The van der Waals surface area contributed by atoms with E-state index in [0.29, 0.717) is 17.8 Å². The first-order valence-electron chi connectivity index (χ1n) is 11.4. The molecule has 2 aromatic carbocycles. The maximum absolute atomic E-state index is 11.9. The lowest BCUT2D eigenvalue weighted by molar-refractivity contribution is -0.298. The van der Waals surface area contributed by atoms with Gasteiger partial charge in [-0.25, -0.2) is 9.59 Å². The van der Waals surface area contributed by atoms with Crippen molar-refractivity contribution in [3.8, 4) is 0 Å². The molecule has 0 fully saturated rings. The Morgan fingerprint density at radius 1 is 0.703 bits per heavy atom. The second-order valence-electron chi connectivity index (χ2n) is 8.33. The first kappa shape index (κ1) is 28.6. The van der Waals surface area contributed by atoms with Gasteiger partial charge < -0.3 is 29.3 Å². The van der Waals surface area contributed by atoms with Gasteiger partial charge in [-0.15, -0.1) is 0 Å². The summed E-state index contributed by atoms with van der Waals surface area (Å²) in [5, 5.41) is 26.0. The molecule has 0 bridgehead atoms. The van der Waals surface area contributed by atoms with Crippen LogP contribution in [0.4, 0.5) is 21.0 Å². The van der Waals surface area contributed by atoms with Crippen LogP contribution in [-0.4, -0.2) is 37.3 Å². The second kappa shape index (κ2) is 14.7. The predicted octanol–water partition coefficient (Wildman–Crippen LogP) is 2.26. The summed E-state index contributed by atoms with van der Waals surface area (Å²) < 4.78 is 10.1. The van der Waals surface area contributed by atoms with Gasteiger partial charge in [-0.3, -0.25) is 10.6 Å². The van der Waals surface area contributed by atoms with Crippen molar-refractivity contribution >= 4 is 35.5 Å². The van der Waals surface area contributed by atoms with Gasteiger partial charge in [-0.05, 0) is 54.0 Å². The maximum atomic E-state index is 11.9. The molecule has 0 saturated heterocycles. The van der Waals surface area contributed by atoms with E-state index >= 15 is 0 Å². The van der Waals surface area contributed by atoms with Gasteiger partial charge in [0.1, 0.15) is 0 Å². The van der Waals surface area contributed by atoms with Crippen molar-refractivity contribution < 1.29 is 38.9 Å². The number of carboxylic acid groups (broad SMARTS) is 2. The number of rotatable bonds is 12. The third-order valence-electron chi connectivity index (χ3n) is 4.89. The number of nitrogens with one attached hydrogen (secondary N) is 2. The van der Waals surface area contributed by atoms with E-state index in [4.69, 9.17) is 9.47 Å². The average molecular weight is 509 g/mol. The highest BCUT2D eigenvalue weighted by Crippen LogP contribution is 2.16. The zero-order valence-electron chi connectivity index (χ0n) is 20.5. The van der Waals surface area contributed by atoms with Crippen molar-refractivity contribution in [3.63, 3.8) is 0 Å². The third-order valence-corrected chi connectivity index (χ3v) is 4.89. The molecule has 2 rings (SSSR count). The molecule has 196 valence electrons. The van der Waals surface area contributed by atoms with Crippen LogP contribution in [0.15, 0.2) is 72.8 Å². The quantitative estimate of drug-likeness (QED) is 0.413. The highest BCUT2D eigenvalue weighted by molar-refractivity contribution is 5.85. The Labute approximate surface area is 214 Å². The molecule has 0 heterocycles. The summed E-state index contributed by atoms with van der Waals surface area (Å²) in [4.78, 5) is 44.6. The minimum atomic E-state index is -1.31. The molecule has 0 aromatic heterocycles. The summed E-state index contributed by atoms with van der Waals surface area (Å²) in [6, 6.07) is 14.4. The van der Waals surface area contributed by atoms with E-state index in [1.54, 1.807) is 38.1 Å². The van der Waals surface area contributed by atoms with Crippen LogP contribution in [0.5, 0.6) is 0 Å². The molecule has 10 nitrogen and oxygen atoms in total.